The number of benzene rings is 1. The Kier molecular flexibility index (Phi) is 5.36. The minimum atomic E-state index is -3.56. The molecule has 144 valence electrons. The van der Waals surface area contributed by atoms with Gasteiger partial charge in [0.1, 0.15) is 11.5 Å². The van der Waals surface area contributed by atoms with E-state index in [1.165, 1.54) is 5.56 Å². The fraction of sp³-hybridized carbons (Fsp3) is 0.368. The Labute approximate surface area is 158 Å². The number of furan rings is 1. The van der Waals surface area contributed by atoms with E-state index in [9.17, 15) is 18.0 Å². The molecule has 27 heavy (non-hydrogen) atoms. The smallest absolute Gasteiger partial charge is 0.273 e. The van der Waals surface area contributed by atoms with Crippen LogP contribution in [0.3, 0.4) is 0 Å². The molecule has 0 atom stereocenters. The van der Waals surface area contributed by atoms with E-state index in [4.69, 9.17) is 4.42 Å². The summed E-state index contributed by atoms with van der Waals surface area (Å²) >= 11 is 0. The molecule has 2 amide bonds. The van der Waals surface area contributed by atoms with Crippen LogP contribution in [0.4, 0.5) is 0 Å². The van der Waals surface area contributed by atoms with E-state index in [1.54, 1.807) is 32.0 Å². The summed E-state index contributed by atoms with van der Waals surface area (Å²) in [4.78, 5) is 24.2. The minimum Gasteiger partial charge on any atom is -0.466 e. The largest absolute Gasteiger partial charge is 0.466 e. The van der Waals surface area contributed by atoms with Crippen molar-refractivity contribution in [3.05, 3.63) is 52.5 Å². The molecule has 0 bridgehead atoms. The lowest BCUT2D eigenvalue weighted by Crippen LogP contribution is -2.42. The molecule has 7 nitrogen and oxygen atoms in total. The molecular weight excluding hydrogens is 368 g/mol. The van der Waals surface area contributed by atoms with Crippen LogP contribution in [0.1, 0.15) is 45.8 Å². The number of hydrogen-bond acceptors (Lipinski definition) is 5. The maximum atomic E-state index is 12.5. The lowest BCUT2D eigenvalue weighted by molar-refractivity contribution is -0.121. The topological polar surface area (TPSA) is 105 Å². The first-order valence-corrected chi connectivity index (χ1v) is 10.4. The highest BCUT2D eigenvalue weighted by Crippen LogP contribution is 2.25. The molecule has 8 heteroatoms. The predicted molar refractivity (Wildman–Crippen MR) is 98.9 cm³/mol. The van der Waals surface area contributed by atoms with Crippen molar-refractivity contribution in [1.82, 2.24) is 10.9 Å². The van der Waals surface area contributed by atoms with E-state index in [2.05, 4.69) is 10.9 Å². The first kappa shape index (κ1) is 19.2. The van der Waals surface area contributed by atoms with Crippen LogP contribution in [0, 0.1) is 13.8 Å². The van der Waals surface area contributed by atoms with Crippen LogP contribution < -0.4 is 10.9 Å². The number of carbonyl (C=O) groups is 2. The summed E-state index contributed by atoms with van der Waals surface area (Å²) in [6, 6.07) is 6.73. The van der Waals surface area contributed by atoms with Gasteiger partial charge in [-0.3, -0.25) is 20.4 Å². The summed E-state index contributed by atoms with van der Waals surface area (Å²) in [5.74, 6) is -0.384. The van der Waals surface area contributed by atoms with E-state index < -0.39 is 21.7 Å². The quantitative estimate of drug-likeness (QED) is 0.760. The maximum Gasteiger partial charge on any atom is 0.273 e. The van der Waals surface area contributed by atoms with Gasteiger partial charge in [-0.05, 0) is 62.4 Å². The van der Waals surface area contributed by atoms with Gasteiger partial charge in [-0.2, -0.15) is 0 Å². The van der Waals surface area contributed by atoms with E-state index in [0.717, 1.165) is 24.8 Å². The van der Waals surface area contributed by atoms with Crippen molar-refractivity contribution in [2.75, 3.05) is 5.75 Å². The van der Waals surface area contributed by atoms with Gasteiger partial charge in [0.2, 0.25) is 5.91 Å². The van der Waals surface area contributed by atoms with Crippen molar-refractivity contribution in [3.63, 3.8) is 0 Å². The number of hydrazine groups is 1. The highest BCUT2D eigenvalue weighted by atomic mass is 32.2. The van der Waals surface area contributed by atoms with Crippen LogP contribution in [0.5, 0.6) is 0 Å². The minimum absolute atomic E-state index is 0.240. The second-order valence-electron chi connectivity index (χ2n) is 6.68. The third kappa shape index (κ3) is 4.39. The van der Waals surface area contributed by atoms with Gasteiger partial charge in [0.25, 0.3) is 5.91 Å². The lowest BCUT2D eigenvalue weighted by atomic mass is 10.1. The molecule has 0 spiro atoms. The number of nitrogens with one attached hydrogen (secondary N) is 2. The normalized spacial score (nSPS) is 13.3. The van der Waals surface area contributed by atoms with Crippen LogP contribution in [0.25, 0.3) is 0 Å². The second kappa shape index (κ2) is 7.56. The number of fused-ring (bicyclic) bond motifs is 1. The molecule has 1 aromatic carbocycles. The Hall–Kier alpha value is -2.61. The molecule has 0 saturated heterocycles. The van der Waals surface area contributed by atoms with Crippen molar-refractivity contribution >= 4 is 21.7 Å². The number of aryl methyl sites for hydroxylation is 4. The fourth-order valence-corrected chi connectivity index (χ4v) is 4.49. The van der Waals surface area contributed by atoms with Crippen LogP contribution in [-0.4, -0.2) is 26.0 Å². The Balaban J connectivity index is 1.54. The van der Waals surface area contributed by atoms with Crippen molar-refractivity contribution in [2.24, 2.45) is 0 Å². The van der Waals surface area contributed by atoms with Gasteiger partial charge in [0.05, 0.1) is 16.2 Å². The van der Waals surface area contributed by atoms with Crippen molar-refractivity contribution < 1.29 is 22.4 Å². The average Bonchev–Trinajstić information content (AvgIpc) is 3.23. The van der Waals surface area contributed by atoms with Gasteiger partial charge in [0, 0.05) is 6.42 Å². The van der Waals surface area contributed by atoms with Crippen molar-refractivity contribution in [3.8, 4) is 0 Å². The highest BCUT2D eigenvalue weighted by Gasteiger charge is 2.20. The second-order valence-corrected chi connectivity index (χ2v) is 8.79. The van der Waals surface area contributed by atoms with Gasteiger partial charge in [-0.1, -0.05) is 6.07 Å². The molecule has 0 aliphatic heterocycles. The monoisotopic (exact) mass is 390 g/mol. The van der Waals surface area contributed by atoms with Gasteiger partial charge < -0.3 is 4.42 Å². The van der Waals surface area contributed by atoms with Crippen molar-refractivity contribution in [2.45, 2.75) is 44.4 Å². The number of sulfone groups is 1. The summed E-state index contributed by atoms with van der Waals surface area (Å²) in [5, 5.41) is 0. The third-order valence-electron chi connectivity index (χ3n) is 4.63. The zero-order valence-electron chi connectivity index (χ0n) is 15.3. The zero-order valence-corrected chi connectivity index (χ0v) is 16.1. The molecule has 1 aliphatic rings. The van der Waals surface area contributed by atoms with Gasteiger partial charge in [-0.15, -0.1) is 0 Å². The molecule has 3 rings (SSSR count). The van der Waals surface area contributed by atoms with Crippen LogP contribution in [0.2, 0.25) is 0 Å². The molecule has 1 aliphatic carbocycles. The average molecular weight is 390 g/mol. The SMILES string of the molecule is Cc1cc(C(=O)NNC(=O)CCS(=O)(=O)c2ccc3c(c2)CCC3)c(C)o1. The van der Waals surface area contributed by atoms with Gasteiger partial charge >= 0.3 is 0 Å². The molecule has 0 unspecified atom stereocenters. The standard InChI is InChI=1S/C19H22N2O5S/c1-12-10-17(13(2)26-12)19(23)21-20-18(22)8-9-27(24,25)16-7-6-14-4-3-5-15(14)11-16/h6-7,10-11H,3-5,8-9H2,1-2H3,(H,20,22)(H,21,23). The Morgan fingerprint density at radius 3 is 2.52 bits per heavy atom. The first-order valence-electron chi connectivity index (χ1n) is 8.77. The molecule has 0 radical (unpaired) electrons. The molecular formula is C19H22N2O5S. The van der Waals surface area contributed by atoms with E-state index >= 15 is 0 Å². The maximum absolute atomic E-state index is 12.5. The van der Waals surface area contributed by atoms with E-state index in [-0.39, 0.29) is 17.1 Å². The lowest BCUT2D eigenvalue weighted by Gasteiger charge is -2.08. The van der Waals surface area contributed by atoms with Crippen molar-refractivity contribution in [1.29, 1.82) is 0 Å². The zero-order chi connectivity index (χ0) is 19.6. The molecule has 0 fully saturated rings. The van der Waals surface area contributed by atoms with E-state index in [1.807, 2.05) is 6.07 Å². The Morgan fingerprint density at radius 1 is 1.07 bits per heavy atom. The number of hydrogen-bond donors (Lipinski definition) is 2. The molecule has 1 heterocycles. The molecule has 1 aromatic heterocycles. The Morgan fingerprint density at radius 2 is 1.81 bits per heavy atom. The Bertz CT molecular complexity index is 992. The van der Waals surface area contributed by atoms with Crippen LogP contribution >= 0.6 is 0 Å². The first-order chi connectivity index (χ1) is 12.8. The summed E-state index contributed by atoms with van der Waals surface area (Å²) < 4.78 is 30.2. The summed E-state index contributed by atoms with van der Waals surface area (Å²) in [7, 11) is -3.56. The summed E-state index contributed by atoms with van der Waals surface area (Å²) in [6.07, 6.45) is 2.66. The van der Waals surface area contributed by atoms with Gasteiger partial charge in [-0.25, -0.2) is 8.42 Å². The summed E-state index contributed by atoms with van der Waals surface area (Å²) in [5.41, 5.74) is 7.09. The fourth-order valence-electron chi connectivity index (χ4n) is 3.20. The number of carbonyl (C=O) groups excluding carboxylic acids is 2. The number of amides is 2. The summed E-state index contributed by atoms with van der Waals surface area (Å²) in [6.45, 7) is 3.36. The predicted octanol–water partition coefficient (Wildman–Crippen LogP) is 2.01. The van der Waals surface area contributed by atoms with Crippen LogP contribution in [0.15, 0.2) is 33.6 Å². The third-order valence-corrected chi connectivity index (χ3v) is 6.34. The van der Waals surface area contributed by atoms with E-state index in [0.29, 0.717) is 17.1 Å². The number of rotatable bonds is 5. The van der Waals surface area contributed by atoms with Gasteiger partial charge in [0.15, 0.2) is 9.84 Å². The van der Waals surface area contributed by atoms with Crippen LogP contribution in [-0.2, 0) is 27.5 Å². The molecule has 0 saturated carbocycles. The molecule has 2 aromatic rings. The highest BCUT2D eigenvalue weighted by molar-refractivity contribution is 7.91. The molecule has 2 N–H and O–H groups in total.